The minimum absolute atomic E-state index is 0.0316. The summed E-state index contributed by atoms with van der Waals surface area (Å²) < 4.78 is 5.04. The first-order valence-electron chi connectivity index (χ1n) is 6.31. The highest BCUT2D eigenvalue weighted by atomic mass is 16.5. The maximum absolute atomic E-state index is 11.2. The molecule has 4 nitrogen and oxygen atoms in total. The number of hydrogen-bond acceptors (Lipinski definition) is 3. The van der Waals surface area contributed by atoms with Gasteiger partial charge < -0.3 is 15.4 Å². The standard InChI is InChI=1S/C14H22N2O2/c1-4-14(17)16-13-7-5-12(6-8-13)15-11(2)9-10-18-3/h5-8,11,15H,4,9-10H2,1-3H3,(H,16,17). The van der Waals surface area contributed by atoms with E-state index in [0.29, 0.717) is 12.5 Å². The molecule has 4 heteroatoms. The van der Waals surface area contributed by atoms with Gasteiger partial charge in [-0.05, 0) is 37.6 Å². The second kappa shape index (κ2) is 7.71. The fourth-order valence-electron chi connectivity index (χ4n) is 1.55. The van der Waals surface area contributed by atoms with Gasteiger partial charge in [0.05, 0.1) is 0 Å². The highest BCUT2D eigenvalue weighted by Crippen LogP contribution is 2.15. The highest BCUT2D eigenvalue weighted by molar-refractivity contribution is 5.90. The molecule has 0 bridgehead atoms. The number of methoxy groups -OCH3 is 1. The molecule has 0 aliphatic heterocycles. The Kier molecular flexibility index (Phi) is 6.22. The third-order valence-electron chi connectivity index (χ3n) is 2.66. The maximum atomic E-state index is 11.2. The number of carbonyl (C=O) groups excluding carboxylic acids is 1. The van der Waals surface area contributed by atoms with Crippen molar-refractivity contribution in [1.29, 1.82) is 0 Å². The van der Waals surface area contributed by atoms with Crippen LogP contribution in [0.15, 0.2) is 24.3 Å². The van der Waals surface area contributed by atoms with E-state index in [1.165, 1.54) is 0 Å². The molecule has 1 unspecified atom stereocenters. The van der Waals surface area contributed by atoms with E-state index < -0.39 is 0 Å². The summed E-state index contributed by atoms with van der Waals surface area (Å²) in [5, 5.41) is 6.20. The zero-order valence-corrected chi connectivity index (χ0v) is 11.3. The lowest BCUT2D eigenvalue weighted by Crippen LogP contribution is -2.17. The molecule has 100 valence electrons. The second-order valence-corrected chi connectivity index (χ2v) is 4.31. The van der Waals surface area contributed by atoms with Gasteiger partial charge in [0.2, 0.25) is 5.91 Å². The summed E-state index contributed by atoms with van der Waals surface area (Å²) in [4.78, 5) is 11.2. The Morgan fingerprint density at radius 2 is 1.89 bits per heavy atom. The monoisotopic (exact) mass is 250 g/mol. The van der Waals surface area contributed by atoms with Gasteiger partial charge in [-0.25, -0.2) is 0 Å². The van der Waals surface area contributed by atoms with Crippen molar-refractivity contribution >= 4 is 17.3 Å². The van der Waals surface area contributed by atoms with Crippen LogP contribution in [0.3, 0.4) is 0 Å². The van der Waals surface area contributed by atoms with Crippen molar-refractivity contribution in [3.63, 3.8) is 0 Å². The van der Waals surface area contributed by atoms with Crippen molar-refractivity contribution in [2.24, 2.45) is 0 Å². The van der Waals surface area contributed by atoms with E-state index in [-0.39, 0.29) is 5.91 Å². The average Bonchev–Trinajstić information content (AvgIpc) is 2.38. The minimum Gasteiger partial charge on any atom is -0.385 e. The summed E-state index contributed by atoms with van der Waals surface area (Å²) >= 11 is 0. The quantitative estimate of drug-likeness (QED) is 0.782. The Hall–Kier alpha value is -1.55. The molecule has 0 spiro atoms. The molecular formula is C14H22N2O2. The Balaban J connectivity index is 2.47. The van der Waals surface area contributed by atoms with Crippen molar-refractivity contribution < 1.29 is 9.53 Å². The summed E-state index contributed by atoms with van der Waals surface area (Å²) in [7, 11) is 1.71. The Bertz CT molecular complexity index is 363. The van der Waals surface area contributed by atoms with Gasteiger partial charge >= 0.3 is 0 Å². The van der Waals surface area contributed by atoms with E-state index in [2.05, 4.69) is 17.6 Å². The number of rotatable bonds is 7. The molecule has 1 aromatic rings. The number of amides is 1. The molecule has 0 aromatic heterocycles. The molecule has 0 saturated heterocycles. The predicted molar refractivity (Wildman–Crippen MR) is 74.9 cm³/mol. The van der Waals surface area contributed by atoms with E-state index in [1.54, 1.807) is 7.11 Å². The van der Waals surface area contributed by atoms with Gasteiger partial charge in [0, 0.05) is 37.6 Å². The Labute approximate surface area is 109 Å². The molecule has 0 aliphatic carbocycles. The lowest BCUT2D eigenvalue weighted by Gasteiger charge is -2.15. The van der Waals surface area contributed by atoms with Crippen molar-refractivity contribution in [1.82, 2.24) is 0 Å². The SMILES string of the molecule is CCC(=O)Nc1ccc(NC(C)CCOC)cc1. The average molecular weight is 250 g/mol. The zero-order valence-electron chi connectivity index (χ0n) is 11.3. The van der Waals surface area contributed by atoms with E-state index >= 15 is 0 Å². The van der Waals surface area contributed by atoms with Crippen LogP contribution >= 0.6 is 0 Å². The molecule has 1 aromatic carbocycles. The molecule has 1 atom stereocenters. The summed E-state index contributed by atoms with van der Waals surface area (Å²) in [5.74, 6) is 0.0316. The molecule has 1 rings (SSSR count). The van der Waals surface area contributed by atoms with Gasteiger partial charge in [0.1, 0.15) is 0 Å². The molecule has 1 amide bonds. The first kappa shape index (κ1) is 14.5. The summed E-state index contributed by atoms with van der Waals surface area (Å²) in [6.07, 6.45) is 1.46. The van der Waals surface area contributed by atoms with Crippen LogP contribution in [0.25, 0.3) is 0 Å². The molecule has 0 fully saturated rings. The van der Waals surface area contributed by atoms with Crippen LogP contribution in [0.1, 0.15) is 26.7 Å². The van der Waals surface area contributed by atoms with Gasteiger partial charge in [0.15, 0.2) is 0 Å². The normalized spacial score (nSPS) is 11.9. The fourth-order valence-corrected chi connectivity index (χ4v) is 1.55. The number of benzene rings is 1. The number of nitrogens with one attached hydrogen (secondary N) is 2. The van der Waals surface area contributed by atoms with Gasteiger partial charge in [-0.1, -0.05) is 6.92 Å². The lowest BCUT2D eigenvalue weighted by molar-refractivity contribution is -0.115. The highest BCUT2D eigenvalue weighted by Gasteiger charge is 2.02. The van der Waals surface area contributed by atoms with Crippen molar-refractivity contribution in [2.45, 2.75) is 32.7 Å². The smallest absolute Gasteiger partial charge is 0.224 e. The van der Waals surface area contributed by atoms with Crippen LogP contribution in [0.5, 0.6) is 0 Å². The zero-order chi connectivity index (χ0) is 13.4. The van der Waals surface area contributed by atoms with E-state index in [0.717, 1.165) is 24.4 Å². The summed E-state index contributed by atoms with van der Waals surface area (Å²) in [5.41, 5.74) is 1.88. The molecular weight excluding hydrogens is 228 g/mol. The Morgan fingerprint density at radius 1 is 1.28 bits per heavy atom. The first-order valence-corrected chi connectivity index (χ1v) is 6.31. The summed E-state index contributed by atoms with van der Waals surface area (Å²) in [6, 6.07) is 8.10. The molecule has 18 heavy (non-hydrogen) atoms. The number of carbonyl (C=O) groups is 1. The topological polar surface area (TPSA) is 50.4 Å². The van der Waals surface area contributed by atoms with Gasteiger partial charge in [-0.3, -0.25) is 4.79 Å². The van der Waals surface area contributed by atoms with Crippen LogP contribution in [0.4, 0.5) is 11.4 Å². The van der Waals surface area contributed by atoms with Crippen molar-refractivity contribution in [3.05, 3.63) is 24.3 Å². The largest absolute Gasteiger partial charge is 0.385 e. The van der Waals surface area contributed by atoms with E-state index in [9.17, 15) is 4.79 Å². The van der Waals surface area contributed by atoms with Gasteiger partial charge in [-0.2, -0.15) is 0 Å². The minimum atomic E-state index is 0.0316. The second-order valence-electron chi connectivity index (χ2n) is 4.31. The molecule has 2 N–H and O–H groups in total. The van der Waals surface area contributed by atoms with Crippen molar-refractivity contribution in [3.8, 4) is 0 Å². The van der Waals surface area contributed by atoms with Crippen LogP contribution in [-0.2, 0) is 9.53 Å². The van der Waals surface area contributed by atoms with Crippen LogP contribution in [0, 0.1) is 0 Å². The number of anilines is 2. The number of ether oxygens (including phenoxy) is 1. The summed E-state index contributed by atoms with van der Waals surface area (Å²) in [6.45, 7) is 4.70. The molecule has 0 radical (unpaired) electrons. The van der Waals surface area contributed by atoms with Crippen LogP contribution in [0.2, 0.25) is 0 Å². The van der Waals surface area contributed by atoms with Gasteiger partial charge in [-0.15, -0.1) is 0 Å². The van der Waals surface area contributed by atoms with E-state index in [1.807, 2.05) is 31.2 Å². The van der Waals surface area contributed by atoms with Crippen molar-refractivity contribution in [2.75, 3.05) is 24.4 Å². The Morgan fingerprint density at radius 3 is 2.44 bits per heavy atom. The first-order chi connectivity index (χ1) is 8.65. The molecule has 0 aliphatic rings. The molecule has 0 heterocycles. The van der Waals surface area contributed by atoms with Crippen LogP contribution < -0.4 is 10.6 Å². The molecule has 0 saturated carbocycles. The number of hydrogen-bond donors (Lipinski definition) is 2. The third-order valence-corrected chi connectivity index (χ3v) is 2.66. The fraction of sp³-hybridized carbons (Fsp3) is 0.500. The van der Waals surface area contributed by atoms with E-state index in [4.69, 9.17) is 4.74 Å². The van der Waals surface area contributed by atoms with Crippen LogP contribution in [-0.4, -0.2) is 25.7 Å². The predicted octanol–water partition coefficient (Wildman–Crippen LogP) is 2.87. The third kappa shape index (κ3) is 5.19. The lowest BCUT2D eigenvalue weighted by atomic mass is 10.2. The maximum Gasteiger partial charge on any atom is 0.224 e. The van der Waals surface area contributed by atoms with Gasteiger partial charge in [0.25, 0.3) is 0 Å².